The molecule has 1 saturated heterocycles. The summed E-state index contributed by atoms with van der Waals surface area (Å²) >= 11 is 0. The second-order valence-corrected chi connectivity index (χ2v) is 4.64. The maximum atomic E-state index is 12.1. The van der Waals surface area contributed by atoms with Gasteiger partial charge in [-0.05, 0) is 25.8 Å². The van der Waals surface area contributed by atoms with Crippen LogP contribution in [0.5, 0.6) is 0 Å². The van der Waals surface area contributed by atoms with Gasteiger partial charge in [0, 0.05) is 6.61 Å². The molecule has 1 fully saturated rings. The Labute approximate surface area is 110 Å². The first-order chi connectivity index (χ1) is 9.08. The lowest BCUT2D eigenvalue weighted by Crippen LogP contribution is -2.41. The molecular weight excluding hydrogens is 250 g/mol. The topological polar surface area (TPSA) is 88.8 Å². The van der Waals surface area contributed by atoms with Gasteiger partial charge in [0.25, 0.3) is 5.91 Å². The van der Waals surface area contributed by atoms with E-state index in [1.807, 2.05) is 6.92 Å². The number of rotatable bonds is 5. The van der Waals surface area contributed by atoms with Gasteiger partial charge in [-0.1, -0.05) is 0 Å². The Morgan fingerprint density at radius 1 is 1.58 bits per heavy atom. The third-order valence-electron chi connectivity index (χ3n) is 3.18. The molecule has 0 radical (unpaired) electrons. The molecule has 2 N–H and O–H groups in total. The molecule has 0 aliphatic carbocycles. The lowest BCUT2D eigenvalue weighted by molar-refractivity contribution is -0.136. The Hall–Kier alpha value is -1.82. The van der Waals surface area contributed by atoms with Crippen LogP contribution in [0, 0.1) is 0 Å². The van der Waals surface area contributed by atoms with Crippen molar-refractivity contribution in [1.82, 2.24) is 5.32 Å². The van der Waals surface area contributed by atoms with Crippen molar-refractivity contribution in [2.75, 3.05) is 6.61 Å². The number of aliphatic carboxylic acids is 1. The van der Waals surface area contributed by atoms with E-state index in [2.05, 4.69) is 5.32 Å². The number of carboxylic acids is 1. The Balaban J connectivity index is 1.99. The van der Waals surface area contributed by atoms with Crippen LogP contribution in [-0.2, 0) is 16.0 Å². The summed E-state index contributed by atoms with van der Waals surface area (Å²) in [5.41, 5.74) is 0.271. The van der Waals surface area contributed by atoms with Crippen molar-refractivity contribution in [3.8, 4) is 0 Å². The van der Waals surface area contributed by atoms with E-state index < -0.39 is 5.97 Å². The van der Waals surface area contributed by atoms with E-state index >= 15 is 0 Å². The fourth-order valence-corrected chi connectivity index (χ4v) is 2.19. The minimum absolute atomic E-state index is 0.0266. The molecular formula is C13H17NO5. The number of amides is 1. The number of carbonyl (C=O) groups excluding carboxylic acids is 1. The molecule has 2 unspecified atom stereocenters. The first-order valence-corrected chi connectivity index (χ1v) is 6.28. The van der Waals surface area contributed by atoms with Crippen molar-refractivity contribution in [2.24, 2.45) is 0 Å². The number of hydrogen-bond donors (Lipinski definition) is 2. The van der Waals surface area contributed by atoms with Crippen LogP contribution in [0.3, 0.4) is 0 Å². The van der Waals surface area contributed by atoms with Crippen LogP contribution in [0.4, 0.5) is 0 Å². The molecule has 2 atom stereocenters. The fourth-order valence-electron chi connectivity index (χ4n) is 2.19. The van der Waals surface area contributed by atoms with Crippen molar-refractivity contribution in [1.29, 1.82) is 0 Å². The van der Waals surface area contributed by atoms with Gasteiger partial charge in [0.2, 0.25) is 0 Å². The first-order valence-electron chi connectivity index (χ1n) is 6.28. The Kier molecular flexibility index (Phi) is 4.21. The summed E-state index contributed by atoms with van der Waals surface area (Å²) in [4.78, 5) is 22.7. The van der Waals surface area contributed by atoms with Crippen molar-refractivity contribution >= 4 is 11.9 Å². The zero-order chi connectivity index (χ0) is 13.8. The Bertz CT molecular complexity index is 461. The maximum absolute atomic E-state index is 12.1. The summed E-state index contributed by atoms with van der Waals surface area (Å²) in [6.45, 7) is 2.60. The molecule has 1 aromatic heterocycles. The van der Waals surface area contributed by atoms with Crippen LogP contribution in [0.25, 0.3) is 0 Å². The van der Waals surface area contributed by atoms with E-state index in [4.69, 9.17) is 14.3 Å². The summed E-state index contributed by atoms with van der Waals surface area (Å²) in [7, 11) is 0. The summed E-state index contributed by atoms with van der Waals surface area (Å²) < 4.78 is 10.5. The zero-order valence-corrected chi connectivity index (χ0v) is 10.7. The summed E-state index contributed by atoms with van der Waals surface area (Å²) in [5.74, 6) is -1.19. The van der Waals surface area contributed by atoms with E-state index in [-0.39, 0.29) is 35.8 Å². The monoisotopic (exact) mass is 267 g/mol. The third kappa shape index (κ3) is 3.35. The second kappa shape index (κ2) is 5.88. The van der Waals surface area contributed by atoms with Gasteiger partial charge in [-0.2, -0.15) is 0 Å². The predicted octanol–water partition coefficient (Wildman–Crippen LogP) is 1.20. The molecule has 1 aliphatic heterocycles. The minimum atomic E-state index is -1.03. The molecule has 19 heavy (non-hydrogen) atoms. The summed E-state index contributed by atoms with van der Waals surface area (Å²) in [6.07, 6.45) is 2.97. The smallest absolute Gasteiger partial charge is 0.311 e. The van der Waals surface area contributed by atoms with Gasteiger partial charge < -0.3 is 19.6 Å². The summed E-state index contributed by atoms with van der Waals surface area (Å²) in [5, 5.41) is 11.6. The number of hydrogen-bond acceptors (Lipinski definition) is 4. The van der Waals surface area contributed by atoms with Gasteiger partial charge in [0.05, 0.1) is 24.0 Å². The molecule has 0 bridgehead atoms. The highest BCUT2D eigenvalue weighted by molar-refractivity contribution is 5.96. The fraction of sp³-hybridized carbons (Fsp3) is 0.538. The summed E-state index contributed by atoms with van der Waals surface area (Å²) in [6, 6.07) is 1.37. The third-order valence-corrected chi connectivity index (χ3v) is 3.18. The van der Waals surface area contributed by atoms with E-state index in [1.54, 1.807) is 0 Å². The molecule has 1 aliphatic rings. The van der Waals surface area contributed by atoms with E-state index in [9.17, 15) is 9.59 Å². The number of ether oxygens (including phenoxy) is 1. The van der Waals surface area contributed by atoms with Crippen LogP contribution < -0.4 is 5.32 Å². The van der Waals surface area contributed by atoms with E-state index in [1.165, 1.54) is 12.3 Å². The van der Waals surface area contributed by atoms with Gasteiger partial charge in [0.15, 0.2) is 0 Å². The first kappa shape index (κ1) is 13.6. The maximum Gasteiger partial charge on any atom is 0.311 e. The molecule has 0 spiro atoms. The largest absolute Gasteiger partial charge is 0.481 e. The molecule has 104 valence electrons. The molecule has 2 heterocycles. The van der Waals surface area contributed by atoms with Crippen LogP contribution in [0.2, 0.25) is 0 Å². The highest BCUT2D eigenvalue weighted by atomic mass is 16.5. The van der Waals surface area contributed by atoms with Gasteiger partial charge in [0.1, 0.15) is 12.2 Å². The Morgan fingerprint density at radius 2 is 2.37 bits per heavy atom. The van der Waals surface area contributed by atoms with E-state index in [0.29, 0.717) is 0 Å². The molecule has 0 aromatic carbocycles. The number of nitrogens with one attached hydrogen (secondary N) is 1. The number of carboxylic acid groups (broad SMARTS) is 1. The lowest BCUT2D eigenvalue weighted by Gasteiger charge is -2.19. The molecule has 2 rings (SSSR count). The normalized spacial score (nSPS) is 20.2. The van der Waals surface area contributed by atoms with Crippen LogP contribution >= 0.6 is 0 Å². The minimum Gasteiger partial charge on any atom is -0.481 e. The molecule has 1 aromatic rings. The quantitative estimate of drug-likeness (QED) is 0.837. The highest BCUT2D eigenvalue weighted by Gasteiger charge is 2.25. The van der Waals surface area contributed by atoms with Crippen molar-refractivity contribution in [3.63, 3.8) is 0 Å². The highest BCUT2D eigenvalue weighted by Crippen LogP contribution is 2.17. The second-order valence-electron chi connectivity index (χ2n) is 4.64. The average Bonchev–Trinajstić information content (AvgIpc) is 2.97. The van der Waals surface area contributed by atoms with Crippen molar-refractivity contribution in [3.05, 3.63) is 23.7 Å². The molecule has 1 amide bonds. The number of furan rings is 1. The Morgan fingerprint density at radius 3 is 3.00 bits per heavy atom. The van der Waals surface area contributed by atoms with Gasteiger partial charge in [-0.25, -0.2) is 0 Å². The molecule has 6 heteroatoms. The van der Waals surface area contributed by atoms with E-state index in [0.717, 1.165) is 19.4 Å². The zero-order valence-electron chi connectivity index (χ0n) is 10.7. The van der Waals surface area contributed by atoms with Gasteiger partial charge in [-0.15, -0.1) is 0 Å². The SMILES string of the molecule is CC(NC(=O)c1ccoc1CC(=O)O)C1CCCO1. The van der Waals surface area contributed by atoms with Crippen LogP contribution in [0.1, 0.15) is 35.9 Å². The average molecular weight is 267 g/mol. The van der Waals surface area contributed by atoms with Crippen LogP contribution in [0.15, 0.2) is 16.7 Å². The number of carbonyl (C=O) groups is 2. The van der Waals surface area contributed by atoms with Crippen molar-refractivity contribution < 1.29 is 23.8 Å². The lowest BCUT2D eigenvalue weighted by atomic mass is 10.1. The van der Waals surface area contributed by atoms with Crippen molar-refractivity contribution in [2.45, 2.75) is 38.3 Å². The van der Waals surface area contributed by atoms with Gasteiger partial charge in [-0.3, -0.25) is 9.59 Å². The predicted molar refractivity (Wildman–Crippen MR) is 66.0 cm³/mol. The molecule has 6 nitrogen and oxygen atoms in total. The molecule has 0 saturated carbocycles. The standard InChI is InChI=1S/C13H17NO5/c1-8(10-3-2-5-18-10)14-13(17)9-4-6-19-11(9)7-12(15)16/h4,6,8,10H,2-3,5,7H2,1H3,(H,14,17)(H,15,16). The van der Waals surface area contributed by atoms with Crippen LogP contribution in [-0.4, -0.2) is 35.7 Å². The van der Waals surface area contributed by atoms with Gasteiger partial charge >= 0.3 is 5.97 Å².